The molecule has 138 valence electrons. The monoisotopic (exact) mass is 408 g/mol. The second kappa shape index (κ2) is 8.74. The maximum Gasteiger partial charge on any atom is 0.236 e. The van der Waals surface area contributed by atoms with Crippen molar-refractivity contribution in [2.45, 2.75) is 45.3 Å². The Bertz CT molecular complexity index is 884. The summed E-state index contributed by atoms with van der Waals surface area (Å²) in [5.74, 6) is 0.981. The van der Waals surface area contributed by atoms with Crippen LogP contribution in [0.25, 0.3) is 11.4 Å². The molecule has 0 fully saturated rings. The summed E-state index contributed by atoms with van der Waals surface area (Å²) in [6.45, 7) is 6.83. The Hall–Kier alpha value is -1.78. The largest absolute Gasteiger partial charge is 0.302 e. The first-order valence-electron chi connectivity index (χ1n) is 8.34. The van der Waals surface area contributed by atoms with E-state index in [4.69, 9.17) is 0 Å². The molecule has 0 aliphatic heterocycles. The minimum atomic E-state index is -0.126. The number of nitrogens with zero attached hydrogens (tertiary/aromatic N) is 5. The SMILES string of the molecule is CCCc1cc(-c2nnc(SCC(=O)Nc3nnc(C)s3)n2CC)cs1. The van der Waals surface area contributed by atoms with Crippen LogP contribution < -0.4 is 5.32 Å². The minimum absolute atomic E-state index is 0.126. The van der Waals surface area contributed by atoms with Crippen LogP contribution in [0.15, 0.2) is 16.6 Å². The average molecular weight is 409 g/mol. The number of aryl methyl sites for hydroxylation is 2. The van der Waals surface area contributed by atoms with Gasteiger partial charge in [0.2, 0.25) is 11.0 Å². The van der Waals surface area contributed by atoms with Crippen molar-refractivity contribution in [2.75, 3.05) is 11.1 Å². The molecule has 0 spiro atoms. The van der Waals surface area contributed by atoms with E-state index in [1.807, 2.05) is 11.5 Å². The van der Waals surface area contributed by atoms with Gasteiger partial charge in [0.05, 0.1) is 5.75 Å². The van der Waals surface area contributed by atoms with Crippen LogP contribution in [0, 0.1) is 6.92 Å². The topological polar surface area (TPSA) is 85.6 Å². The van der Waals surface area contributed by atoms with Gasteiger partial charge in [0.15, 0.2) is 11.0 Å². The van der Waals surface area contributed by atoms with Crippen LogP contribution in [0.2, 0.25) is 0 Å². The van der Waals surface area contributed by atoms with Crippen molar-refractivity contribution >= 4 is 45.5 Å². The summed E-state index contributed by atoms with van der Waals surface area (Å²) < 4.78 is 2.05. The van der Waals surface area contributed by atoms with E-state index in [0.717, 1.165) is 40.9 Å². The zero-order chi connectivity index (χ0) is 18.5. The van der Waals surface area contributed by atoms with Crippen molar-refractivity contribution < 1.29 is 4.79 Å². The third kappa shape index (κ3) is 4.49. The highest BCUT2D eigenvalue weighted by Gasteiger charge is 2.16. The van der Waals surface area contributed by atoms with Crippen LogP contribution in [-0.2, 0) is 17.8 Å². The van der Waals surface area contributed by atoms with Crippen molar-refractivity contribution in [3.05, 3.63) is 21.3 Å². The molecule has 0 unspecified atom stereocenters. The molecule has 3 aromatic heterocycles. The fourth-order valence-corrected chi connectivity index (χ4v) is 4.78. The molecule has 0 aromatic carbocycles. The summed E-state index contributed by atoms with van der Waals surface area (Å²) in [5.41, 5.74) is 1.09. The van der Waals surface area contributed by atoms with Gasteiger partial charge in [0.25, 0.3) is 0 Å². The van der Waals surface area contributed by atoms with E-state index in [1.54, 1.807) is 11.3 Å². The molecule has 10 heteroatoms. The van der Waals surface area contributed by atoms with Crippen LogP contribution in [-0.4, -0.2) is 36.6 Å². The predicted molar refractivity (Wildman–Crippen MR) is 107 cm³/mol. The number of carbonyl (C=O) groups excluding carboxylic acids is 1. The number of anilines is 1. The van der Waals surface area contributed by atoms with Crippen LogP contribution in [0.5, 0.6) is 0 Å². The molecule has 0 aliphatic rings. The molecule has 1 amide bonds. The van der Waals surface area contributed by atoms with Crippen LogP contribution in [0.1, 0.15) is 30.2 Å². The lowest BCUT2D eigenvalue weighted by Crippen LogP contribution is -2.14. The highest BCUT2D eigenvalue weighted by atomic mass is 32.2. The summed E-state index contributed by atoms with van der Waals surface area (Å²) >= 11 is 4.49. The highest BCUT2D eigenvalue weighted by molar-refractivity contribution is 7.99. The fraction of sp³-hybridized carbons (Fsp3) is 0.438. The molecular weight excluding hydrogens is 388 g/mol. The number of carbonyl (C=O) groups is 1. The van der Waals surface area contributed by atoms with Gasteiger partial charge in [-0.1, -0.05) is 36.4 Å². The molecular formula is C16H20N6OS3. The number of hydrogen-bond donors (Lipinski definition) is 1. The standard InChI is InChI=1S/C16H20N6OS3/c1-4-6-12-7-11(8-24-12)14-19-21-16(22(14)5-2)25-9-13(23)17-15-20-18-10(3)26-15/h7-8H,4-6,9H2,1-3H3,(H,17,20,23). The van der Waals surface area contributed by atoms with Crippen LogP contribution in [0.4, 0.5) is 5.13 Å². The first-order valence-corrected chi connectivity index (χ1v) is 11.0. The Morgan fingerprint density at radius 1 is 1.27 bits per heavy atom. The molecule has 0 radical (unpaired) electrons. The lowest BCUT2D eigenvalue weighted by molar-refractivity contribution is -0.113. The molecule has 3 aromatic rings. The number of thioether (sulfide) groups is 1. The predicted octanol–water partition coefficient (Wildman–Crippen LogP) is 3.87. The van der Waals surface area contributed by atoms with E-state index in [9.17, 15) is 4.79 Å². The number of aromatic nitrogens is 5. The second-order valence-electron chi connectivity index (χ2n) is 5.57. The van der Waals surface area contributed by atoms with Crippen molar-refractivity contribution in [2.24, 2.45) is 0 Å². The van der Waals surface area contributed by atoms with Gasteiger partial charge in [0.1, 0.15) is 5.01 Å². The molecule has 0 bridgehead atoms. The lowest BCUT2D eigenvalue weighted by atomic mass is 10.2. The molecule has 0 atom stereocenters. The molecule has 26 heavy (non-hydrogen) atoms. The normalized spacial score (nSPS) is 11.0. The number of hydrogen-bond acceptors (Lipinski definition) is 8. The van der Waals surface area contributed by atoms with Crippen molar-refractivity contribution in [1.29, 1.82) is 0 Å². The maximum atomic E-state index is 12.1. The van der Waals surface area contributed by atoms with E-state index in [1.165, 1.54) is 28.0 Å². The first-order chi connectivity index (χ1) is 12.6. The second-order valence-corrected chi connectivity index (χ2v) is 8.69. The Kier molecular flexibility index (Phi) is 6.38. The summed E-state index contributed by atoms with van der Waals surface area (Å²) in [5, 5.41) is 23.4. The zero-order valence-corrected chi connectivity index (χ0v) is 17.3. The third-order valence-electron chi connectivity index (χ3n) is 3.55. The van der Waals surface area contributed by atoms with Gasteiger partial charge in [0, 0.05) is 22.4 Å². The number of nitrogens with one attached hydrogen (secondary N) is 1. The molecule has 1 N–H and O–H groups in total. The van der Waals surface area contributed by atoms with E-state index in [-0.39, 0.29) is 11.7 Å². The molecule has 3 rings (SSSR count). The van der Waals surface area contributed by atoms with E-state index < -0.39 is 0 Å². The van der Waals surface area contributed by atoms with Gasteiger partial charge in [-0.25, -0.2) is 0 Å². The maximum absolute atomic E-state index is 12.1. The average Bonchev–Trinajstić information content (AvgIpc) is 3.33. The van der Waals surface area contributed by atoms with Gasteiger partial charge < -0.3 is 4.57 Å². The quantitative estimate of drug-likeness (QED) is 0.570. The van der Waals surface area contributed by atoms with Crippen molar-refractivity contribution in [3.63, 3.8) is 0 Å². The molecule has 3 heterocycles. The molecule has 0 aliphatic carbocycles. The molecule has 0 saturated heterocycles. The highest BCUT2D eigenvalue weighted by Crippen LogP contribution is 2.28. The molecule has 0 saturated carbocycles. The number of amides is 1. The van der Waals surface area contributed by atoms with Crippen molar-refractivity contribution in [3.8, 4) is 11.4 Å². The Labute approximate surface area is 164 Å². The van der Waals surface area contributed by atoms with Gasteiger partial charge in [-0.15, -0.1) is 31.7 Å². The zero-order valence-electron chi connectivity index (χ0n) is 14.9. The van der Waals surface area contributed by atoms with Gasteiger partial charge >= 0.3 is 0 Å². The summed E-state index contributed by atoms with van der Waals surface area (Å²) in [6, 6.07) is 2.18. The van der Waals surface area contributed by atoms with Crippen LogP contribution >= 0.6 is 34.4 Å². The summed E-state index contributed by atoms with van der Waals surface area (Å²) in [6.07, 6.45) is 2.21. The van der Waals surface area contributed by atoms with Gasteiger partial charge in [-0.3, -0.25) is 10.1 Å². The third-order valence-corrected chi connectivity index (χ3v) is 6.26. The Balaban J connectivity index is 1.66. The first kappa shape index (κ1) is 19.0. The minimum Gasteiger partial charge on any atom is -0.302 e. The van der Waals surface area contributed by atoms with Crippen molar-refractivity contribution in [1.82, 2.24) is 25.0 Å². The Morgan fingerprint density at radius 3 is 2.81 bits per heavy atom. The smallest absolute Gasteiger partial charge is 0.236 e. The molecule has 7 nitrogen and oxygen atoms in total. The van der Waals surface area contributed by atoms with Crippen LogP contribution in [0.3, 0.4) is 0 Å². The van der Waals surface area contributed by atoms with Gasteiger partial charge in [-0.2, -0.15) is 0 Å². The summed E-state index contributed by atoms with van der Waals surface area (Å²) in [7, 11) is 0. The van der Waals surface area contributed by atoms with E-state index >= 15 is 0 Å². The van der Waals surface area contributed by atoms with Gasteiger partial charge in [-0.05, 0) is 26.3 Å². The lowest BCUT2D eigenvalue weighted by Gasteiger charge is -2.06. The Morgan fingerprint density at radius 2 is 2.12 bits per heavy atom. The number of thiophene rings is 1. The fourth-order valence-electron chi connectivity index (χ4n) is 2.40. The number of rotatable bonds is 8. The van der Waals surface area contributed by atoms with E-state index in [0.29, 0.717) is 5.13 Å². The summed E-state index contributed by atoms with van der Waals surface area (Å²) in [4.78, 5) is 13.5. The van der Waals surface area contributed by atoms with E-state index in [2.05, 4.69) is 51.0 Å².